The topological polar surface area (TPSA) is 59.8 Å². The minimum absolute atomic E-state index is 0.0368. The fourth-order valence-electron chi connectivity index (χ4n) is 2.65. The lowest BCUT2D eigenvalue weighted by Gasteiger charge is -2.14. The predicted molar refractivity (Wildman–Crippen MR) is 109 cm³/mol. The molecule has 1 N–H and O–H groups in total. The quantitative estimate of drug-likeness (QED) is 0.620. The molecule has 0 bridgehead atoms. The Morgan fingerprint density at radius 2 is 2.12 bits per heavy atom. The highest BCUT2D eigenvalue weighted by atomic mass is 32.2. The van der Waals surface area contributed by atoms with Crippen molar-refractivity contribution in [2.45, 2.75) is 44.6 Å². The van der Waals surface area contributed by atoms with Crippen molar-refractivity contribution in [2.24, 2.45) is 0 Å². The molecule has 3 aromatic rings. The van der Waals surface area contributed by atoms with Crippen LogP contribution >= 0.6 is 23.1 Å². The second kappa shape index (κ2) is 8.05. The third-order valence-corrected chi connectivity index (χ3v) is 6.01. The number of nitrogens with one attached hydrogen (secondary N) is 1. The highest BCUT2D eigenvalue weighted by Crippen LogP contribution is 2.29. The third kappa shape index (κ3) is 3.99. The first-order chi connectivity index (χ1) is 12.5. The summed E-state index contributed by atoms with van der Waals surface area (Å²) in [7, 11) is 0. The van der Waals surface area contributed by atoms with Gasteiger partial charge in [-0.1, -0.05) is 35.5 Å². The standard InChI is InChI=1S/C19H22N4OS2/c1-5-23-17(16-7-6-10-25-16)21-22-19(23)26-14(4)18(24)20-15-9-8-12(2)11-13(15)3/h6-11,14H,5H2,1-4H3,(H,20,24). The summed E-state index contributed by atoms with van der Waals surface area (Å²) in [6, 6.07) is 10.0. The maximum Gasteiger partial charge on any atom is 0.237 e. The van der Waals surface area contributed by atoms with E-state index in [0.29, 0.717) is 0 Å². The van der Waals surface area contributed by atoms with E-state index in [2.05, 4.69) is 33.1 Å². The van der Waals surface area contributed by atoms with Crippen LogP contribution in [0, 0.1) is 13.8 Å². The lowest BCUT2D eigenvalue weighted by Crippen LogP contribution is -2.23. The number of aromatic nitrogens is 3. The van der Waals surface area contributed by atoms with Crippen molar-refractivity contribution in [2.75, 3.05) is 5.32 Å². The fraction of sp³-hybridized carbons (Fsp3) is 0.316. The molecule has 3 rings (SSSR count). The van der Waals surface area contributed by atoms with E-state index in [1.807, 2.05) is 50.4 Å². The molecule has 136 valence electrons. The molecule has 26 heavy (non-hydrogen) atoms. The summed E-state index contributed by atoms with van der Waals surface area (Å²) in [4.78, 5) is 13.7. The van der Waals surface area contributed by atoms with Crippen molar-refractivity contribution in [3.05, 3.63) is 46.8 Å². The summed E-state index contributed by atoms with van der Waals surface area (Å²) in [6.07, 6.45) is 0. The van der Waals surface area contributed by atoms with Gasteiger partial charge in [0, 0.05) is 12.2 Å². The van der Waals surface area contributed by atoms with Crippen LogP contribution in [-0.2, 0) is 11.3 Å². The van der Waals surface area contributed by atoms with Crippen LogP contribution in [0.25, 0.3) is 10.7 Å². The van der Waals surface area contributed by atoms with Gasteiger partial charge in [-0.15, -0.1) is 21.5 Å². The van der Waals surface area contributed by atoms with E-state index in [4.69, 9.17) is 0 Å². The highest BCUT2D eigenvalue weighted by Gasteiger charge is 2.21. The lowest BCUT2D eigenvalue weighted by molar-refractivity contribution is -0.115. The lowest BCUT2D eigenvalue weighted by atomic mass is 10.1. The molecule has 7 heteroatoms. The number of benzene rings is 1. The van der Waals surface area contributed by atoms with Crippen molar-refractivity contribution in [3.63, 3.8) is 0 Å². The molecule has 0 aliphatic carbocycles. The average Bonchev–Trinajstić information content (AvgIpc) is 3.26. The minimum atomic E-state index is -0.276. The van der Waals surface area contributed by atoms with Crippen molar-refractivity contribution in [1.82, 2.24) is 14.8 Å². The third-order valence-electron chi connectivity index (χ3n) is 4.07. The summed E-state index contributed by atoms with van der Waals surface area (Å²) in [5.41, 5.74) is 3.09. The summed E-state index contributed by atoms with van der Waals surface area (Å²) in [5, 5.41) is 14.1. The van der Waals surface area contributed by atoms with Crippen LogP contribution in [0.5, 0.6) is 0 Å². The number of aryl methyl sites for hydroxylation is 2. The molecule has 0 aliphatic heterocycles. The number of rotatable bonds is 6. The minimum Gasteiger partial charge on any atom is -0.325 e. The monoisotopic (exact) mass is 386 g/mol. The van der Waals surface area contributed by atoms with E-state index < -0.39 is 0 Å². The Balaban J connectivity index is 1.73. The van der Waals surface area contributed by atoms with Crippen molar-refractivity contribution < 1.29 is 4.79 Å². The van der Waals surface area contributed by atoms with Crippen molar-refractivity contribution in [3.8, 4) is 10.7 Å². The molecule has 5 nitrogen and oxygen atoms in total. The number of thiophene rings is 1. The Morgan fingerprint density at radius 1 is 1.31 bits per heavy atom. The van der Waals surface area contributed by atoms with E-state index in [-0.39, 0.29) is 11.2 Å². The van der Waals surface area contributed by atoms with Gasteiger partial charge >= 0.3 is 0 Å². The van der Waals surface area contributed by atoms with E-state index in [9.17, 15) is 4.79 Å². The average molecular weight is 387 g/mol. The van der Waals surface area contributed by atoms with Crippen LogP contribution in [0.4, 0.5) is 5.69 Å². The van der Waals surface area contributed by atoms with E-state index in [0.717, 1.165) is 33.7 Å². The molecule has 0 fully saturated rings. The number of carbonyl (C=O) groups is 1. The fourth-order valence-corrected chi connectivity index (χ4v) is 4.28. The maximum absolute atomic E-state index is 12.6. The van der Waals surface area contributed by atoms with Gasteiger partial charge in [0.2, 0.25) is 5.91 Å². The Hall–Kier alpha value is -2.12. The maximum atomic E-state index is 12.6. The molecule has 0 saturated heterocycles. The number of nitrogens with zero attached hydrogens (tertiary/aromatic N) is 3. The van der Waals surface area contributed by atoms with Crippen LogP contribution in [0.2, 0.25) is 0 Å². The largest absolute Gasteiger partial charge is 0.325 e. The van der Waals surface area contributed by atoms with Gasteiger partial charge in [0.25, 0.3) is 0 Å². The molecule has 0 saturated carbocycles. The number of anilines is 1. The van der Waals surface area contributed by atoms with Crippen LogP contribution in [0.15, 0.2) is 40.9 Å². The number of hydrogen-bond donors (Lipinski definition) is 1. The zero-order chi connectivity index (χ0) is 18.7. The number of amides is 1. The molecule has 0 aliphatic rings. The van der Waals surface area contributed by atoms with Crippen LogP contribution in [-0.4, -0.2) is 25.9 Å². The Kier molecular flexibility index (Phi) is 5.78. The molecule has 1 atom stereocenters. The zero-order valence-electron chi connectivity index (χ0n) is 15.3. The molecule has 0 spiro atoms. The summed E-state index contributed by atoms with van der Waals surface area (Å²) in [5.74, 6) is 0.817. The smallest absolute Gasteiger partial charge is 0.237 e. The van der Waals surface area contributed by atoms with Crippen LogP contribution in [0.3, 0.4) is 0 Å². The van der Waals surface area contributed by atoms with Crippen LogP contribution in [0.1, 0.15) is 25.0 Å². The molecule has 1 unspecified atom stereocenters. The summed E-state index contributed by atoms with van der Waals surface area (Å²) >= 11 is 3.07. The van der Waals surface area contributed by atoms with E-state index in [1.54, 1.807) is 11.3 Å². The van der Waals surface area contributed by atoms with E-state index >= 15 is 0 Å². The first-order valence-electron chi connectivity index (χ1n) is 8.51. The molecular weight excluding hydrogens is 364 g/mol. The van der Waals surface area contributed by atoms with Gasteiger partial charge < -0.3 is 9.88 Å². The Labute approximate surface area is 161 Å². The number of carbonyl (C=O) groups excluding carboxylic acids is 1. The first-order valence-corrected chi connectivity index (χ1v) is 10.3. The summed E-state index contributed by atoms with van der Waals surface area (Å²) < 4.78 is 2.05. The van der Waals surface area contributed by atoms with Gasteiger partial charge in [-0.3, -0.25) is 4.79 Å². The van der Waals surface area contributed by atoms with Gasteiger partial charge in [0.05, 0.1) is 10.1 Å². The van der Waals surface area contributed by atoms with Gasteiger partial charge in [-0.2, -0.15) is 0 Å². The molecule has 2 heterocycles. The van der Waals surface area contributed by atoms with Gasteiger partial charge in [0.1, 0.15) is 0 Å². The van der Waals surface area contributed by atoms with Crippen molar-refractivity contribution >= 4 is 34.7 Å². The SMILES string of the molecule is CCn1c(SC(C)C(=O)Nc2ccc(C)cc2C)nnc1-c1cccs1. The van der Waals surface area contributed by atoms with Gasteiger partial charge in [-0.25, -0.2) is 0 Å². The normalized spacial score (nSPS) is 12.2. The molecule has 2 aromatic heterocycles. The number of thioether (sulfide) groups is 1. The summed E-state index contributed by atoms with van der Waals surface area (Å²) in [6.45, 7) is 8.75. The van der Waals surface area contributed by atoms with Crippen LogP contribution < -0.4 is 5.32 Å². The van der Waals surface area contributed by atoms with Gasteiger partial charge in [0.15, 0.2) is 11.0 Å². The molecule has 1 aromatic carbocycles. The van der Waals surface area contributed by atoms with Gasteiger partial charge in [-0.05, 0) is 50.8 Å². The first kappa shape index (κ1) is 18.7. The van der Waals surface area contributed by atoms with E-state index in [1.165, 1.54) is 17.3 Å². The Bertz CT molecular complexity index is 902. The zero-order valence-corrected chi connectivity index (χ0v) is 16.9. The highest BCUT2D eigenvalue weighted by molar-refractivity contribution is 8.00. The number of hydrogen-bond acceptors (Lipinski definition) is 5. The predicted octanol–water partition coefficient (Wildman–Crippen LogP) is 4.76. The molecule has 0 radical (unpaired) electrons. The molecule has 1 amide bonds. The van der Waals surface area contributed by atoms with Crippen molar-refractivity contribution in [1.29, 1.82) is 0 Å². The Morgan fingerprint density at radius 3 is 2.77 bits per heavy atom. The molecular formula is C19H22N4OS2. The second-order valence-electron chi connectivity index (χ2n) is 6.10. The second-order valence-corrected chi connectivity index (χ2v) is 8.35.